The number of thioether (sulfide) groups is 1. The molecule has 0 unspecified atom stereocenters. The van der Waals surface area contributed by atoms with E-state index in [-0.39, 0.29) is 18.2 Å². The fraction of sp³-hybridized carbons (Fsp3) is 0.350. The van der Waals surface area contributed by atoms with Crippen molar-refractivity contribution in [2.75, 3.05) is 24.6 Å². The van der Waals surface area contributed by atoms with Crippen LogP contribution >= 0.6 is 11.8 Å². The Morgan fingerprint density at radius 1 is 1.11 bits per heavy atom. The van der Waals surface area contributed by atoms with Gasteiger partial charge in [0.15, 0.2) is 0 Å². The summed E-state index contributed by atoms with van der Waals surface area (Å²) in [5.41, 5.74) is 2.86. The molecule has 0 saturated heterocycles. The minimum atomic E-state index is -3.41. The molecule has 0 saturated carbocycles. The first-order chi connectivity index (χ1) is 13.0. The van der Waals surface area contributed by atoms with E-state index >= 15 is 0 Å². The van der Waals surface area contributed by atoms with E-state index in [1.807, 2.05) is 49.4 Å². The zero-order valence-corrected chi connectivity index (χ0v) is 17.0. The first kappa shape index (κ1) is 19.9. The van der Waals surface area contributed by atoms with Crippen LogP contribution in [0.4, 0.5) is 0 Å². The summed E-state index contributed by atoms with van der Waals surface area (Å²) in [5, 5.41) is 2.75. The predicted molar refractivity (Wildman–Crippen MR) is 110 cm³/mol. The molecule has 0 aliphatic carbocycles. The van der Waals surface area contributed by atoms with Gasteiger partial charge in [0.25, 0.3) is 5.91 Å². The second kappa shape index (κ2) is 8.91. The molecule has 1 N–H and O–H groups in total. The summed E-state index contributed by atoms with van der Waals surface area (Å²) in [5.74, 6) is 0.546. The molecule has 0 radical (unpaired) electrons. The first-order valence-corrected chi connectivity index (χ1v) is 11.7. The van der Waals surface area contributed by atoms with Gasteiger partial charge in [-0.25, -0.2) is 8.42 Å². The average Bonchev–Trinajstić information content (AvgIpc) is 2.68. The molecule has 1 aliphatic rings. The normalized spacial score (nSPS) is 14.6. The summed E-state index contributed by atoms with van der Waals surface area (Å²) in [6.07, 6.45) is 0.726. The van der Waals surface area contributed by atoms with Crippen LogP contribution in [-0.4, -0.2) is 43.2 Å². The van der Waals surface area contributed by atoms with Crippen LogP contribution in [0.1, 0.15) is 28.4 Å². The summed E-state index contributed by atoms with van der Waals surface area (Å²) in [6, 6.07) is 15.3. The van der Waals surface area contributed by atoms with Gasteiger partial charge in [-0.3, -0.25) is 4.79 Å². The maximum atomic E-state index is 12.7. The van der Waals surface area contributed by atoms with Gasteiger partial charge in [-0.1, -0.05) is 43.3 Å². The Morgan fingerprint density at radius 3 is 2.59 bits per heavy atom. The molecular weight excluding hydrogens is 380 g/mol. The lowest BCUT2D eigenvalue weighted by atomic mass is 10.0. The van der Waals surface area contributed by atoms with Crippen molar-refractivity contribution in [1.82, 2.24) is 9.62 Å². The van der Waals surface area contributed by atoms with E-state index in [9.17, 15) is 13.2 Å². The number of fused-ring (bicyclic) bond motifs is 1. The standard InChI is InChI=1S/C20H24N2O3S2/c1-2-26-19-10-6-5-9-18(19)20(23)21-12-14-27(24,25)22-13-11-16-7-3-4-8-17(16)15-22/h3-10H,2,11-15H2,1H3,(H,21,23). The number of amides is 1. The number of carbonyl (C=O) groups is 1. The van der Waals surface area contributed by atoms with Crippen molar-refractivity contribution in [3.8, 4) is 0 Å². The van der Waals surface area contributed by atoms with Crippen LogP contribution in [0.3, 0.4) is 0 Å². The van der Waals surface area contributed by atoms with Gasteiger partial charge in [-0.05, 0) is 35.4 Å². The molecule has 0 atom stereocenters. The van der Waals surface area contributed by atoms with Crippen molar-refractivity contribution in [3.05, 3.63) is 65.2 Å². The molecule has 144 valence electrons. The number of rotatable bonds is 7. The molecular formula is C20H24N2O3S2. The van der Waals surface area contributed by atoms with E-state index in [1.54, 1.807) is 17.8 Å². The number of nitrogens with zero attached hydrogens (tertiary/aromatic N) is 1. The van der Waals surface area contributed by atoms with Gasteiger partial charge in [-0.2, -0.15) is 4.31 Å². The number of sulfonamides is 1. The van der Waals surface area contributed by atoms with Crippen LogP contribution in [-0.2, 0) is 23.0 Å². The topological polar surface area (TPSA) is 66.5 Å². The third kappa shape index (κ3) is 4.91. The maximum absolute atomic E-state index is 12.7. The largest absolute Gasteiger partial charge is 0.351 e. The zero-order chi connectivity index (χ0) is 19.3. The van der Waals surface area contributed by atoms with Crippen LogP contribution in [0.15, 0.2) is 53.4 Å². The molecule has 0 fully saturated rings. The smallest absolute Gasteiger partial charge is 0.252 e. The molecule has 0 spiro atoms. The highest BCUT2D eigenvalue weighted by Crippen LogP contribution is 2.22. The highest BCUT2D eigenvalue weighted by molar-refractivity contribution is 7.99. The summed E-state index contributed by atoms with van der Waals surface area (Å²) in [4.78, 5) is 13.3. The Labute approximate surface area is 165 Å². The number of benzene rings is 2. The van der Waals surface area contributed by atoms with E-state index in [2.05, 4.69) is 5.32 Å². The van der Waals surface area contributed by atoms with Gasteiger partial charge in [0.2, 0.25) is 10.0 Å². The number of carbonyl (C=O) groups excluding carboxylic acids is 1. The van der Waals surface area contributed by atoms with E-state index in [4.69, 9.17) is 0 Å². The Morgan fingerprint density at radius 2 is 1.81 bits per heavy atom. The van der Waals surface area contributed by atoms with E-state index < -0.39 is 10.0 Å². The van der Waals surface area contributed by atoms with Crippen molar-refractivity contribution < 1.29 is 13.2 Å². The van der Waals surface area contributed by atoms with Crippen molar-refractivity contribution >= 4 is 27.7 Å². The van der Waals surface area contributed by atoms with Gasteiger partial charge >= 0.3 is 0 Å². The second-order valence-electron chi connectivity index (χ2n) is 6.35. The zero-order valence-electron chi connectivity index (χ0n) is 15.3. The van der Waals surface area contributed by atoms with Crippen LogP contribution in [0.5, 0.6) is 0 Å². The van der Waals surface area contributed by atoms with Crippen LogP contribution in [0.2, 0.25) is 0 Å². The van der Waals surface area contributed by atoms with Gasteiger partial charge in [0, 0.05) is 24.5 Å². The Hall–Kier alpha value is -1.83. The third-order valence-corrected chi connectivity index (χ3v) is 7.34. The minimum Gasteiger partial charge on any atom is -0.351 e. The lowest BCUT2D eigenvalue weighted by molar-refractivity contribution is 0.0953. The van der Waals surface area contributed by atoms with Gasteiger partial charge < -0.3 is 5.32 Å². The van der Waals surface area contributed by atoms with Crippen molar-refractivity contribution in [1.29, 1.82) is 0 Å². The third-order valence-electron chi connectivity index (χ3n) is 4.57. The molecule has 0 bridgehead atoms. The van der Waals surface area contributed by atoms with E-state index in [0.29, 0.717) is 18.7 Å². The van der Waals surface area contributed by atoms with Crippen LogP contribution in [0, 0.1) is 0 Å². The molecule has 2 aromatic rings. The highest BCUT2D eigenvalue weighted by atomic mass is 32.2. The Kier molecular flexibility index (Phi) is 6.57. The molecule has 2 aromatic carbocycles. The van der Waals surface area contributed by atoms with E-state index in [1.165, 1.54) is 9.87 Å². The maximum Gasteiger partial charge on any atom is 0.252 e. The van der Waals surface area contributed by atoms with E-state index in [0.717, 1.165) is 22.6 Å². The van der Waals surface area contributed by atoms with Gasteiger partial charge in [0.1, 0.15) is 0 Å². The fourth-order valence-corrected chi connectivity index (χ4v) is 5.29. The summed E-state index contributed by atoms with van der Waals surface area (Å²) in [7, 11) is -3.41. The van der Waals surface area contributed by atoms with Crippen LogP contribution < -0.4 is 5.32 Å². The SMILES string of the molecule is CCSc1ccccc1C(=O)NCCS(=O)(=O)N1CCc2ccccc2C1. The lowest BCUT2D eigenvalue weighted by Crippen LogP contribution is -2.40. The Balaban J connectivity index is 1.58. The highest BCUT2D eigenvalue weighted by Gasteiger charge is 2.26. The average molecular weight is 405 g/mol. The Bertz CT molecular complexity index is 913. The number of nitrogens with one attached hydrogen (secondary N) is 1. The quantitative estimate of drug-likeness (QED) is 0.721. The molecule has 1 heterocycles. The van der Waals surface area contributed by atoms with Gasteiger partial charge in [-0.15, -0.1) is 11.8 Å². The molecule has 0 aromatic heterocycles. The fourth-order valence-electron chi connectivity index (χ4n) is 3.16. The molecule has 5 nitrogen and oxygen atoms in total. The molecule has 7 heteroatoms. The number of hydrogen-bond donors (Lipinski definition) is 1. The number of hydrogen-bond acceptors (Lipinski definition) is 4. The first-order valence-electron chi connectivity index (χ1n) is 9.06. The molecule has 1 aliphatic heterocycles. The monoisotopic (exact) mass is 404 g/mol. The lowest BCUT2D eigenvalue weighted by Gasteiger charge is -2.28. The molecule has 3 rings (SSSR count). The summed E-state index contributed by atoms with van der Waals surface area (Å²) < 4.78 is 26.8. The van der Waals surface area contributed by atoms with Crippen LogP contribution in [0.25, 0.3) is 0 Å². The predicted octanol–water partition coefficient (Wildman–Crippen LogP) is 2.92. The minimum absolute atomic E-state index is 0.0933. The second-order valence-corrected chi connectivity index (χ2v) is 9.75. The molecule has 27 heavy (non-hydrogen) atoms. The van der Waals surface area contributed by atoms with Gasteiger partial charge in [0.05, 0.1) is 11.3 Å². The van der Waals surface area contributed by atoms with Crippen molar-refractivity contribution in [2.24, 2.45) is 0 Å². The summed E-state index contributed by atoms with van der Waals surface area (Å²) in [6.45, 7) is 3.03. The van der Waals surface area contributed by atoms with Crippen molar-refractivity contribution in [3.63, 3.8) is 0 Å². The van der Waals surface area contributed by atoms with Crippen molar-refractivity contribution in [2.45, 2.75) is 24.8 Å². The molecule has 1 amide bonds. The summed E-state index contributed by atoms with van der Waals surface area (Å²) >= 11 is 1.60.